The van der Waals surface area contributed by atoms with Gasteiger partial charge in [-0.1, -0.05) is 12.2 Å². The van der Waals surface area contributed by atoms with Gasteiger partial charge in [0.25, 0.3) is 20.2 Å². The Morgan fingerprint density at radius 1 is 0.792 bits per heavy atom. The summed E-state index contributed by atoms with van der Waals surface area (Å²) in [6, 6.07) is 0. The van der Waals surface area contributed by atoms with E-state index in [4.69, 9.17) is 28.8 Å². The normalized spacial score (nSPS) is 14.2. The summed E-state index contributed by atoms with van der Waals surface area (Å²) in [6.45, 7) is 6.93. The van der Waals surface area contributed by atoms with Gasteiger partial charge in [0, 0.05) is 0 Å². The smallest absolute Gasteiger partial charge is 0.267 e. The summed E-state index contributed by atoms with van der Waals surface area (Å²) in [5.74, 6) is -1.41. The zero-order chi connectivity index (χ0) is 19.2. The third-order valence-corrected chi connectivity index (χ3v) is 3.51. The molecule has 2 unspecified atom stereocenters. The second-order valence-corrected chi connectivity index (χ2v) is 7.45. The second kappa shape index (κ2) is 13.4. The van der Waals surface area contributed by atoms with Crippen molar-refractivity contribution in [2.45, 2.75) is 12.2 Å². The molecule has 0 saturated carbocycles. The van der Waals surface area contributed by atoms with Gasteiger partial charge >= 0.3 is 0 Å². The van der Waals surface area contributed by atoms with E-state index < -0.39 is 43.9 Å². The fraction of sp³-hybridized carbons (Fsp3) is 0.667. The Morgan fingerprint density at radius 2 is 1.08 bits per heavy atom. The Hall–Kier alpha value is -0.860. The lowest BCUT2D eigenvalue weighted by Gasteiger charge is -2.07. The first-order chi connectivity index (χ1) is 10.9. The Bertz CT molecular complexity index is 490. The minimum absolute atomic E-state index is 0.133. The van der Waals surface area contributed by atoms with Crippen LogP contribution in [0.25, 0.3) is 0 Å². The van der Waals surface area contributed by atoms with Crippen molar-refractivity contribution in [1.82, 2.24) is 0 Å². The highest BCUT2D eigenvalue weighted by Crippen LogP contribution is 1.92. The lowest BCUT2D eigenvalue weighted by Crippen LogP contribution is -2.25. The topological polar surface area (TPSA) is 168 Å². The summed E-state index contributed by atoms with van der Waals surface area (Å²) in [4.78, 5) is 0. The Kier molecular flexibility index (Phi) is 14.2. The zero-order valence-electron chi connectivity index (χ0n) is 13.0. The van der Waals surface area contributed by atoms with E-state index in [2.05, 4.69) is 13.2 Å². The minimum Gasteiger partial charge on any atom is -0.390 e. The zero-order valence-corrected chi connectivity index (χ0v) is 14.7. The number of aliphatic hydroxyl groups is 2. The van der Waals surface area contributed by atoms with E-state index >= 15 is 0 Å². The summed E-state index contributed by atoms with van der Waals surface area (Å²) in [7, 11) is -8.23. The van der Waals surface area contributed by atoms with Crippen LogP contribution in [0.15, 0.2) is 25.3 Å². The molecule has 2 atom stereocenters. The van der Waals surface area contributed by atoms with Gasteiger partial charge in [0.15, 0.2) is 0 Å². The van der Waals surface area contributed by atoms with E-state index in [-0.39, 0.29) is 26.4 Å². The van der Waals surface area contributed by atoms with Crippen LogP contribution in [0.5, 0.6) is 0 Å². The summed E-state index contributed by atoms with van der Waals surface area (Å²) in [5, 5.41) is 17.8. The third-order valence-electron chi connectivity index (χ3n) is 1.90. The molecule has 24 heavy (non-hydrogen) atoms. The van der Waals surface area contributed by atoms with Gasteiger partial charge in [-0.2, -0.15) is 16.8 Å². The third kappa shape index (κ3) is 23.4. The molecule has 0 radical (unpaired) electrons. The molecule has 0 spiro atoms. The van der Waals surface area contributed by atoms with Gasteiger partial charge in [0.2, 0.25) is 0 Å². The maximum Gasteiger partial charge on any atom is 0.267 e. The van der Waals surface area contributed by atoms with Gasteiger partial charge in [-0.15, -0.1) is 13.2 Å². The first kappa shape index (κ1) is 25.4. The second-order valence-electron chi connectivity index (χ2n) is 4.46. The Morgan fingerprint density at radius 3 is 1.29 bits per heavy atom. The molecule has 0 aliphatic rings. The van der Waals surface area contributed by atoms with Gasteiger partial charge in [-0.3, -0.25) is 9.11 Å². The van der Waals surface area contributed by atoms with Gasteiger partial charge in [0.1, 0.15) is 11.5 Å². The number of hydrogen-bond acceptors (Lipinski definition) is 8. The van der Waals surface area contributed by atoms with Crippen LogP contribution in [0, 0.1) is 0 Å². The van der Waals surface area contributed by atoms with Crippen LogP contribution in [0.2, 0.25) is 0 Å². The molecule has 144 valence electrons. The molecule has 0 heterocycles. The molecule has 0 aromatic carbocycles. The fourth-order valence-corrected chi connectivity index (χ4v) is 2.32. The molecule has 4 N–H and O–H groups in total. The highest BCUT2D eigenvalue weighted by molar-refractivity contribution is 7.86. The largest absolute Gasteiger partial charge is 0.390 e. The highest BCUT2D eigenvalue weighted by atomic mass is 32.2. The predicted octanol–water partition coefficient (Wildman–Crippen LogP) is -1.12. The SMILES string of the molecule is C=CCOCC(O)CS(=O)(=O)O.C=CCOCC(O)CS(=O)(=O)O. The van der Waals surface area contributed by atoms with Gasteiger partial charge in [-0.05, 0) is 0 Å². The van der Waals surface area contributed by atoms with Crippen LogP contribution >= 0.6 is 0 Å². The molecular weight excluding hydrogens is 368 g/mol. The van der Waals surface area contributed by atoms with Crippen molar-refractivity contribution in [2.24, 2.45) is 0 Å². The predicted molar refractivity (Wildman–Crippen MR) is 86.9 cm³/mol. The monoisotopic (exact) mass is 392 g/mol. The molecule has 0 saturated heterocycles. The quantitative estimate of drug-likeness (QED) is 0.181. The van der Waals surface area contributed by atoms with Crippen molar-refractivity contribution in [2.75, 3.05) is 37.9 Å². The van der Waals surface area contributed by atoms with Crippen LogP contribution in [-0.2, 0) is 29.7 Å². The maximum absolute atomic E-state index is 10.2. The van der Waals surface area contributed by atoms with Crippen molar-refractivity contribution in [3.05, 3.63) is 25.3 Å². The molecule has 0 aromatic rings. The lowest BCUT2D eigenvalue weighted by molar-refractivity contribution is 0.0607. The molecule has 0 amide bonds. The fourth-order valence-electron chi connectivity index (χ4n) is 1.16. The summed E-state index contributed by atoms with van der Waals surface area (Å²) in [5.41, 5.74) is 0. The van der Waals surface area contributed by atoms with E-state index in [0.29, 0.717) is 0 Å². The van der Waals surface area contributed by atoms with Crippen molar-refractivity contribution < 1.29 is 45.6 Å². The van der Waals surface area contributed by atoms with Crippen LogP contribution in [0.1, 0.15) is 0 Å². The molecule has 12 heteroatoms. The average molecular weight is 392 g/mol. The lowest BCUT2D eigenvalue weighted by atomic mass is 10.4. The van der Waals surface area contributed by atoms with E-state index in [1.807, 2.05) is 0 Å². The van der Waals surface area contributed by atoms with Crippen LogP contribution in [0.4, 0.5) is 0 Å². The van der Waals surface area contributed by atoms with E-state index in [1.54, 1.807) is 0 Å². The van der Waals surface area contributed by atoms with Gasteiger partial charge < -0.3 is 19.7 Å². The minimum atomic E-state index is -4.12. The van der Waals surface area contributed by atoms with Crippen LogP contribution < -0.4 is 0 Å². The standard InChI is InChI=1S/2C6H12O5S/c2*1-2-3-11-4-6(7)5-12(8,9)10/h2*2,6-7H,1,3-5H2,(H,8,9,10). The first-order valence-corrected chi connectivity index (χ1v) is 9.76. The Labute approximate surface area is 141 Å². The average Bonchev–Trinajstić information content (AvgIpc) is 2.36. The Balaban J connectivity index is 0. The molecule has 0 rings (SSSR count). The van der Waals surface area contributed by atoms with Gasteiger partial charge in [-0.25, -0.2) is 0 Å². The van der Waals surface area contributed by atoms with E-state index in [1.165, 1.54) is 12.2 Å². The maximum atomic E-state index is 10.2. The van der Waals surface area contributed by atoms with E-state index in [0.717, 1.165) is 0 Å². The van der Waals surface area contributed by atoms with Crippen molar-refractivity contribution in [3.8, 4) is 0 Å². The molecular formula is C12H24O10S2. The van der Waals surface area contributed by atoms with Crippen molar-refractivity contribution >= 4 is 20.2 Å². The number of aliphatic hydroxyl groups excluding tert-OH is 2. The number of ether oxygens (including phenoxy) is 2. The van der Waals surface area contributed by atoms with Crippen LogP contribution in [0.3, 0.4) is 0 Å². The summed E-state index contributed by atoms with van der Waals surface area (Å²) >= 11 is 0. The van der Waals surface area contributed by atoms with Crippen molar-refractivity contribution in [1.29, 1.82) is 0 Å². The van der Waals surface area contributed by atoms with Crippen molar-refractivity contribution in [3.63, 3.8) is 0 Å². The van der Waals surface area contributed by atoms with Crippen LogP contribution in [-0.4, -0.2) is 86.3 Å². The van der Waals surface area contributed by atoms with Gasteiger partial charge in [0.05, 0.1) is 38.6 Å². The van der Waals surface area contributed by atoms with E-state index in [9.17, 15) is 16.8 Å². The molecule has 10 nitrogen and oxygen atoms in total. The molecule has 0 aliphatic carbocycles. The summed E-state index contributed by atoms with van der Waals surface area (Å²) < 4.78 is 66.8. The highest BCUT2D eigenvalue weighted by Gasteiger charge is 2.14. The number of rotatable bonds is 12. The molecule has 0 fully saturated rings. The molecule has 0 aromatic heterocycles. The molecule has 0 bridgehead atoms. The first-order valence-electron chi connectivity index (χ1n) is 6.55. The number of hydrogen-bond donors (Lipinski definition) is 4. The molecule has 0 aliphatic heterocycles. The summed E-state index contributed by atoms with van der Waals surface area (Å²) in [6.07, 6.45) is 0.556.